The molecule has 2 fully saturated rings. The maximum absolute atomic E-state index is 6.32. The number of anilines is 1. The van der Waals surface area contributed by atoms with Crippen LogP contribution in [0.25, 0.3) is 0 Å². The summed E-state index contributed by atoms with van der Waals surface area (Å²) in [6.45, 7) is 9.19. The topological polar surface area (TPSA) is 69.0 Å². The highest BCUT2D eigenvalue weighted by atomic mass is 35.5. The monoisotopic (exact) mass is 466 g/mol. The van der Waals surface area contributed by atoms with E-state index in [9.17, 15) is 0 Å². The first kappa shape index (κ1) is 22.1. The number of hydrogen-bond acceptors (Lipinski definition) is 6. The number of hydrogen-bond donors (Lipinski definition) is 0. The summed E-state index contributed by atoms with van der Waals surface area (Å²) in [5.74, 6) is 4.80. The summed E-state index contributed by atoms with van der Waals surface area (Å²) in [6.07, 6.45) is 5.07. The first-order chi connectivity index (χ1) is 16.0. The van der Waals surface area contributed by atoms with Crippen molar-refractivity contribution in [2.75, 3.05) is 18.0 Å². The van der Waals surface area contributed by atoms with Gasteiger partial charge in [-0.25, -0.2) is 14.6 Å². The van der Waals surface area contributed by atoms with Crippen LogP contribution in [-0.4, -0.2) is 37.8 Å². The Kier molecular flexibility index (Phi) is 6.23. The van der Waals surface area contributed by atoms with Gasteiger partial charge < -0.3 is 9.64 Å². The zero-order valence-corrected chi connectivity index (χ0v) is 20.2. The normalized spacial score (nSPS) is 22.2. The number of ether oxygens (including phenoxy) is 1. The molecule has 3 atom stereocenters. The molecule has 2 aliphatic rings. The third kappa shape index (κ3) is 4.83. The number of para-hydroxylation sites is 1. The van der Waals surface area contributed by atoms with Crippen LogP contribution < -0.4 is 9.64 Å². The highest BCUT2D eigenvalue weighted by Gasteiger charge is 2.42. The molecule has 1 aliphatic heterocycles. The summed E-state index contributed by atoms with van der Waals surface area (Å²) in [5, 5.41) is 5.43. The Morgan fingerprint density at radius 3 is 2.58 bits per heavy atom. The molecule has 174 valence electrons. The van der Waals surface area contributed by atoms with Crippen molar-refractivity contribution in [1.82, 2.24) is 24.7 Å². The Bertz CT molecular complexity index is 1100. The molecule has 1 saturated heterocycles. The molecule has 8 heteroatoms. The quantitative estimate of drug-likeness (QED) is 0.477. The van der Waals surface area contributed by atoms with Crippen molar-refractivity contribution >= 4 is 17.4 Å². The second-order valence-electron chi connectivity index (χ2n) is 9.81. The van der Waals surface area contributed by atoms with E-state index in [0.29, 0.717) is 40.5 Å². The number of benzene rings is 1. The minimum absolute atomic E-state index is 0.434. The highest BCUT2D eigenvalue weighted by Crippen LogP contribution is 2.44. The van der Waals surface area contributed by atoms with Crippen molar-refractivity contribution in [3.8, 4) is 11.8 Å². The highest BCUT2D eigenvalue weighted by molar-refractivity contribution is 6.32. The van der Waals surface area contributed by atoms with Crippen LogP contribution in [0.3, 0.4) is 0 Å². The smallest absolute Gasteiger partial charge is 0.320 e. The zero-order valence-electron chi connectivity index (χ0n) is 19.5. The van der Waals surface area contributed by atoms with Crippen molar-refractivity contribution in [2.45, 2.75) is 46.6 Å². The van der Waals surface area contributed by atoms with Crippen molar-refractivity contribution in [1.29, 1.82) is 0 Å². The maximum atomic E-state index is 6.32. The molecule has 3 heterocycles. The van der Waals surface area contributed by atoms with Crippen LogP contribution in [-0.2, 0) is 13.0 Å². The van der Waals surface area contributed by atoms with Crippen LogP contribution in [0, 0.1) is 30.6 Å². The van der Waals surface area contributed by atoms with Gasteiger partial charge in [0.05, 0.1) is 5.02 Å². The second kappa shape index (κ2) is 9.29. The Morgan fingerprint density at radius 1 is 1.12 bits per heavy atom. The number of piperidine rings is 1. The van der Waals surface area contributed by atoms with Gasteiger partial charge in [0, 0.05) is 37.8 Å². The van der Waals surface area contributed by atoms with Gasteiger partial charge in [0.2, 0.25) is 0 Å². The van der Waals surface area contributed by atoms with Crippen LogP contribution in [0.15, 0.2) is 36.7 Å². The summed E-state index contributed by atoms with van der Waals surface area (Å²) in [6, 6.07) is 10.1. The van der Waals surface area contributed by atoms with Gasteiger partial charge in [-0.2, -0.15) is 10.1 Å². The average molecular weight is 467 g/mol. The zero-order chi connectivity index (χ0) is 22.9. The lowest BCUT2D eigenvalue weighted by molar-refractivity contribution is 0.264. The summed E-state index contributed by atoms with van der Waals surface area (Å²) < 4.78 is 7.99. The van der Waals surface area contributed by atoms with Gasteiger partial charge in [-0.05, 0) is 55.6 Å². The molecule has 0 spiro atoms. The third-order valence-electron chi connectivity index (χ3n) is 6.82. The van der Waals surface area contributed by atoms with Crippen LogP contribution in [0.4, 0.5) is 5.82 Å². The summed E-state index contributed by atoms with van der Waals surface area (Å²) in [5.41, 5.74) is 1.01. The molecule has 1 unspecified atom stereocenters. The van der Waals surface area contributed by atoms with Crippen LogP contribution >= 0.6 is 11.6 Å². The molecular formula is C25H31ClN6O. The van der Waals surface area contributed by atoms with E-state index in [1.165, 1.54) is 12.8 Å². The van der Waals surface area contributed by atoms with Gasteiger partial charge in [0.1, 0.15) is 17.9 Å². The van der Waals surface area contributed by atoms with Gasteiger partial charge in [-0.3, -0.25) is 0 Å². The molecule has 1 aliphatic carbocycles. The summed E-state index contributed by atoms with van der Waals surface area (Å²) in [7, 11) is 0. The van der Waals surface area contributed by atoms with Crippen LogP contribution in [0.2, 0.25) is 5.02 Å². The van der Waals surface area contributed by atoms with E-state index >= 15 is 0 Å². The van der Waals surface area contributed by atoms with E-state index in [4.69, 9.17) is 26.4 Å². The number of halogens is 1. The fourth-order valence-corrected chi connectivity index (χ4v) is 5.48. The van der Waals surface area contributed by atoms with Gasteiger partial charge in [-0.1, -0.05) is 37.6 Å². The molecule has 1 aromatic carbocycles. The Morgan fingerprint density at radius 2 is 1.88 bits per heavy atom. The van der Waals surface area contributed by atoms with Crippen molar-refractivity contribution in [3.05, 3.63) is 53.2 Å². The number of aryl methyl sites for hydroxylation is 1. The van der Waals surface area contributed by atoms with Gasteiger partial charge in [0.15, 0.2) is 5.82 Å². The van der Waals surface area contributed by atoms with Gasteiger partial charge in [-0.15, -0.1) is 0 Å². The largest absolute Gasteiger partial charge is 0.423 e. The fraction of sp³-hybridized carbons (Fsp3) is 0.520. The summed E-state index contributed by atoms with van der Waals surface area (Å²) in [4.78, 5) is 16.0. The first-order valence-electron chi connectivity index (χ1n) is 11.9. The molecule has 0 N–H and O–H groups in total. The average Bonchev–Trinajstić information content (AvgIpc) is 3.24. The number of rotatable bonds is 7. The van der Waals surface area contributed by atoms with E-state index in [-0.39, 0.29) is 0 Å². The standard InChI is InChI=1S/C25H31ClN6O/c1-16(2)12-32-25(33-22-7-5-4-6-21(22)26)29-23(30-32)11-20-18-8-9-19(20)14-31(13-18)24-10-17(3)27-15-28-24/h4-7,10,15-16,18-20H,8-9,11-14H2,1-3H3/t18-,19+,20?. The summed E-state index contributed by atoms with van der Waals surface area (Å²) >= 11 is 6.32. The Labute approximate surface area is 200 Å². The number of nitrogens with zero attached hydrogens (tertiary/aromatic N) is 6. The van der Waals surface area contributed by atoms with E-state index < -0.39 is 0 Å². The molecule has 0 amide bonds. The molecule has 5 rings (SSSR count). The minimum Gasteiger partial charge on any atom is -0.423 e. The van der Waals surface area contributed by atoms with Gasteiger partial charge >= 0.3 is 6.01 Å². The fourth-order valence-electron chi connectivity index (χ4n) is 5.31. The van der Waals surface area contributed by atoms with Crippen LogP contribution in [0.5, 0.6) is 11.8 Å². The van der Waals surface area contributed by atoms with Crippen molar-refractivity contribution in [2.24, 2.45) is 23.7 Å². The Hall–Kier alpha value is -2.67. The SMILES string of the molecule is Cc1cc(N2C[C@H]3CC[C@@H](C2)C3Cc2nc(Oc3ccccc3Cl)n(CC(C)C)n2)ncn1. The molecule has 1 saturated carbocycles. The lowest BCUT2D eigenvalue weighted by atomic mass is 9.82. The molecule has 3 aromatic rings. The molecule has 7 nitrogen and oxygen atoms in total. The van der Waals surface area contributed by atoms with Crippen LogP contribution in [0.1, 0.15) is 38.2 Å². The second-order valence-corrected chi connectivity index (χ2v) is 10.2. The van der Waals surface area contributed by atoms with Crippen molar-refractivity contribution in [3.63, 3.8) is 0 Å². The van der Waals surface area contributed by atoms with E-state index in [0.717, 1.165) is 43.4 Å². The molecule has 33 heavy (non-hydrogen) atoms. The van der Waals surface area contributed by atoms with E-state index in [1.54, 1.807) is 6.33 Å². The predicted molar refractivity (Wildman–Crippen MR) is 129 cm³/mol. The lowest BCUT2D eigenvalue weighted by Crippen LogP contribution is -2.43. The lowest BCUT2D eigenvalue weighted by Gasteiger charge is -2.38. The molecule has 2 aromatic heterocycles. The minimum atomic E-state index is 0.434. The molecule has 2 bridgehead atoms. The van der Waals surface area contributed by atoms with E-state index in [2.05, 4.69) is 34.8 Å². The molecular weight excluding hydrogens is 436 g/mol. The predicted octanol–water partition coefficient (Wildman–Crippen LogP) is 5.18. The first-order valence-corrected chi connectivity index (χ1v) is 12.2. The molecule has 0 radical (unpaired) electrons. The number of aromatic nitrogens is 5. The number of fused-ring (bicyclic) bond motifs is 2. The van der Waals surface area contributed by atoms with Gasteiger partial charge in [0.25, 0.3) is 0 Å². The van der Waals surface area contributed by atoms with Crippen molar-refractivity contribution < 1.29 is 4.74 Å². The Balaban J connectivity index is 1.33. The third-order valence-corrected chi connectivity index (χ3v) is 7.13. The van der Waals surface area contributed by atoms with E-state index in [1.807, 2.05) is 35.9 Å². The maximum Gasteiger partial charge on any atom is 0.320 e.